The van der Waals surface area contributed by atoms with Gasteiger partial charge in [-0.3, -0.25) is 14.6 Å². The van der Waals surface area contributed by atoms with Gasteiger partial charge in [0.25, 0.3) is 5.91 Å². The maximum absolute atomic E-state index is 13.3. The van der Waals surface area contributed by atoms with Crippen LogP contribution in [0.5, 0.6) is 11.5 Å². The number of anilines is 1. The number of aromatic nitrogens is 1. The van der Waals surface area contributed by atoms with Gasteiger partial charge in [0.1, 0.15) is 0 Å². The zero-order chi connectivity index (χ0) is 22.6. The number of fused-ring (bicyclic) bond motifs is 2. The number of rotatable bonds is 7. The average molecular weight is 530 g/mol. The molecule has 33 heavy (non-hydrogen) atoms. The molecular formula is C24H24BrN3O4S. The highest BCUT2D eigenvalue weighted by atomic mass is 79.9. The van der Waals surface area contributed by atoms with Crippen LogP contribution in [0.3, 0.4) is 0 Å². The summed E-state index contributed by atoms with van der Waals surface area (Å²) in [5.74, 6) is 1.33. The standard InChI is InChI=1S/C24H24BrN3O4S/c25-18-4-5-19-22(15-18)33-24(26-19)28(9-1-8-27-10-12-30-13-11-27)23(29)7-3-17-2-6-20-21(14-17)32-16-31-20/h2-7,14-15H,1,8-13,16H2/b7-3+. The zero-order valence-corrected chi connectivity index (χ0v) is 20.4. The minimum atomic E-state index is -0.0900. The molecule has 0 unspecified atom stereocenters. The Labute approximate surface area is 204 Å². The first-order chi connectivity index (χ1) is 16.2. The second-order valence-corrected chi connectivity index (χ2v) is 9.78. The summed E-state index contributed by atoms with van der Waals surface area (Å²) in [4.78, 5) is 22.2. The number of halogens is 1. The quantitative estimate of drug-likeness (QED) is 0.418. The smallest absolute Gasteiger partial charge is 0.252 e. The normalized spacial score (nSPS) is 16.0. The third kappa shape index (κ3) is 5.38. The van der Waals surface area contributed by atoms with Crippen LogP contribution in [-0.2, 0) is 9.53 Å². The average Bonchev–Trinajstić information content (AvgIpc) is 3.47. The predicted octanol–water partition coefficient (Wildman–Crippen LogP) is 4.56. The van der Waals surface area contributed by atoms with Gasteiger partial charge in [0.05, 0.1) is 23.4 Å². The Bertz CT molecular complexity index is 1180. The number of nitrogens with zero attached hydrogens (tertiary/aromatic N) is 3. The summed E-state index contributed by atoms with van der Waals surface area (Å²) >= 11 is 5.05. The molecule has 0 saturated carbocycles. The minimum absolute atomic E-state index is 0.0900. The molecule has 1 fully saturated rings. The van der Waals surface area contributed by atoms with E-state index in [2.05, 4.69) is 20.8 Å². The Morgan fingerprint density at radius 1 is 1.15 bits per heavy atom. The highest BCUT2D eigenvalue weighted by Gasteiger charge is 2.19. The van der Waals surface area contributed by atoms with Crippen LogP contribution in [-0.4, -0.2) is 62.0 Å². The molecule has 0 atom stereocenters. The van der Waals surface area contributed by atoms with Gasteiger partial charge >= 0.3 is 0 Å². The highest BCUT2D eigenvalue weighted by Crippen LogP contribution is 2.33. The van der Waals surface area contributed by atoms with Crippen molar-refractivity contribution < 1.29 is 19.0 Å². The van der Waals surface area contributed by atoms with Crippen LogP contribution >= 0.6 is 27.3 Å². The van der Waals surface area contributed by atoms with Crippen molar-refractivity contribution in [2.75, 3.05) is 51.1 Å². The lowest BCUT2D eigenvalue weighted by Crippen LogP contribution is -2.39. The van der Waals surface area contributed by atoms with Crippen molar-refractivity contribution in [3.63, 3.8) is 0 Å². The van der Waals surface area contributed by atoms with E-state index in [4.69, 9.17) is 19.2 Å². The molecule has 2 aliphatic heterocycles. The largest absolute Gasteiger partial charge is 0.454 e. The summed E-state index contributed by atoms with van der Waals surface area (Å²) in [6, 6.07) is 11.6. The molecule has 1 saturated heterocycles. The molecule has 2 aliphatic rings. The fourth-order valence-electron chi connectivity index (χ4n) is 3.85. The summed E-state index contributed by atoms with van der Waals surface area (Å²) in [5.41, 5.74) is 1.78. The molecule has 7 nitrogen and oxygen atoms in total. The highest BCUT2D eigenvalue weighted by molar-refractivity contribution is 9.10. The van der Waals surface area contributed by atoms with E-state index in [1.165, 1.54) is 11.3 Å². The van der Waals surface area contributed by atoms with Gasteiger partial charge in [-0.15, -0.1) is 0 Å². The SMILES string of the molecule is O=C(/C=C/c1ccc2c(c1)OCO2)N(CCCN1CCOCC1)c1nc2ccc(Br)cc2s1. The van der Waals surface area contributed by atoms with Gasteiger partial charge in [-0.25, -0.2) is 4.98 Å². The molecular weight excluding hydrogens is 506 g/mol. The molecule has 2 aromatic carbocycles. The van der Waals surface area contributed by atoms with Crippen molar-refractivity contribution in [1.82, 2.24) is 9.88 Å². The van der Waals surface area contributed by atoms with Crippen LogP contribution in [0.4, 0.5) is 5.13 Å². The molecule has 0 radical (unpaired) electrons. The molecule has 9 heteroatoms. The van der Waals surface area contributed by atoms with E-state index in [9.17, 15) is 4.79 Å². The summed E-state index contributed by atoms with van der Waals surface area (Å²) in [7, 11) is 0. The number of morpholine rings is 1. The second kappa shape index (κ2) is 10.2. The van der Waals surface area contributed by atoms with E-state index in [0.717, 1.165) is 65.3 Å². The predicted molar refractivity (Wildman–Crippen MR) is 133 cm³/mol. The van der Waals surface area contributed by atoms with Crippen LogP contribution in [0.2, 0.25) is 0 Å². The van der Waals surface area contributed by atoms with Crippen LogP contribution < -0.4 is 14.4 Å². The van der Waals surface area contributed by atoms with E-state index in [1.54, 1.807) is 11.0 Å². The van der Waals surface area contributed by atoms with Crippen molar-refractivity contribution in [1.29, 1.82) is 0 Å². The number of ether oxygens (including phenoxy) is 3. The molecule has 5 rings (SSSR count). The lowest BCUT2D eigenvalue weighted by molar-refractivity contribution is -0.114. The van der Waals surface area contributed by atoms with E-state index in [1.807, 2.05) is 42.5 Å². The summed E-state index contributed by atoms with van der Waals surface area (Å²) in [6.45, 7) is 5.17. The summed E-state index contributed by atoms with van der Waals surface area (Å²) in [5, 5.41) is 0.713. The van der Waals surface area contributed by atoms with Crippen molar-refractivity contribution in [3.05, 3.63) is 52.5 Å². The molecule has 1 amide bonds. The first kappa shape index (κ1) is 22.3. The van der Waals surface area contributed by atoms with E-state index < -0.39 is 0 Å². The monoisotopic (exact) mass is 529 g/mol. The molecule has 3 aromatic rings. The van der Waals surface area contributed by atoms with Gasteiger partial charge in [0, 0.05) is 36.7 Å². The number of benzene rings is 2. The van der Waals surface area contributed by atoms with Gasteiger partial charge in [0.2, 0.25) is 6.79 Å². The van der Waals surface area contributed by atoms with Gasteiger partial charge in [-0.1, -0.05) is 33.3 Å². The molecule has 0 spiro atoms. The fourth-order valence-corrected chi connectivity index (χ4v) is 5.40. The number of carbonyl (C=O) groups is 1. The zero-order valence-electron chi connectivity index (χ0n) is 18.0. The third-order valence-corrected chi connectivity index (χ3v) is 7.15. The maximum atomic E-state index is 13.3. The summed E-state index contributed by atoms with van der Waals surface area (Å²) in [6.07, 6.45) is 4.28. The number of carbonyl (C=O) groups excluding carboxylic acids is 1. The minimum Gasteiger partial charge on any atom is -0.454 e. The van der Waals surface area contributed by atoms with Crippen LogP contribution in [0.1, 0.15) is 12.0 Å². The van der Waals surface area contributed by atoms with Gasteiger partial charge in [-0.05, 0) is 48.4 Å². The van der Waals surface area contributed by atoms with Crippen molar-refractivity contribution in [3.8, 4) is 11.5 Å². The van der Waals surface area contributed by atoms with Crippen LogP contribution in [0.15, 0.2) is 46.9 Å². The molecule has 3 heterocycles. The number of hydrogen-bond acceptors (Lipinski definition) is 7. The lowest BCUT2D eigenvalue weighted by Gasteiger charge is -2.27. The third-order valence-electron chi connectivity index (χ3n) is 5.61. The first-order valence-corrected chi connectivity index (χ1v) is 12.5. The Morgan fingerprint density at radius 3 is 2.88 bits per heavy atom. The van der Waals surface area contributed by atoms with Crippen molar-refractivity contribution >= 4 is 54.6 Å². The molecule has 1 aromatic heterocycles. The van der Waals surface area contributed by atoms with Crippen LogP contribution in [0, 0.1) is 0 Å². The number of amides is 1. The molecule has 172 valence electrons. The van der Waals surface area contributed by atoms with E-state index in [0.29, 0.717) is 17.4 Å². The second-order valence-electron chi connectivity index (χ2n) is 7.85. The Morgan fingerprint density at radius 2 is 2.00 bits per heavy atom. The van der Waals surface area contributed by atoms with Crippen molar-refractivity contribution in [2.45, 2.75) is 6.42 Å². The summed E-state index contributed by atoms with van der Waals surface area (Å²) < 4.78 is 18.3. The molecule has 0 bridgehead atoms. The van der Waals surface area contributed by atoms with Crippen molar-refractivity contribution in [2.24, 2.45) is 0 Å². The molecule has 0 aliphatic carbocycles. The Hall–Kier alpha value is -2.46. The maximum Gasteiger partial charge on any atom is 0.252 e. The van der Waals surface area contributed by atoms with Gasteiger partial charge in [0.15, 0.2) is 16.6 Å². The van der Waals surface area contributed by atoms with E-state index in [-0.39, 0.29) is 12.7 Å². The van der Waals surface area contributed by atoms with Gasteiger partial charge in [-0.2, -0.15) is 0 Å². The van der Waals surface area contributed by atoms with Gasteiger partial charge < -0.3 is 14.2 Å². The topological polar surface area (TPSA) is 64.1 Å². The molecule has 0 N–H and O–H groups in total. The lowest BCUT2D eigenvalue weighted by atomic mass is 10.2. The van der Waals surface area contributed by atoms with E-state index >= 15 is 0 Å². The number of thiazole rings is 1. The Balaban J connectivity index is 1.33. The first-order valence-electron chi connectivity index (χ1n) is 10.9. The van der Waals surface area contributed by atoms with Crippen LogP contribution in [0.25, 0.3) is 16.3 Å². The Kier molecular flexibility index (Phi) is 6.91. The number of hydrogen-bond donors (Lipinski definition) is 0. The fraction of sp³-hybridized carbons (Fsp3) is 0.333.